The fourth-order valence-electron chi connectivity index (χ4n) is 3.46. The molecule has 0 fully saturated rings. The maximum Gasteiger partial charge on any atom is 0.351 e. The van der Waals surface area contributed by atoms with Crippen molar-refractivity contribution in [3.63, 3.8) is 0 Å². The molecule has 1 unspecified atom stereocenters. The standard InChI is InChI=1S/C21H17F2N7OS/c22-16-7-8-18(23)17(13-16)19-27-30(20(31)29-12-11-25-14-29)21(32-19,9-4-10-26-28-24)15-5-2-1-3-6-15/h1-3,5-8,11-14H,4,9-10H2. The van der Waals surface area contributed by atoms with Gasteiger partial charge in [-0.25, -0.2) is 18.6 Å². The van der Waals surface area contributed by atoms with Crippen LogP contribution in [0, 0.1) is 11.6 Å². The third kappa shape index (κ3) is 4.08. The van der Waals surface area contributed by atoms with Gasteiger partial charge in [-0.3, -0.25) is 4.57 Å². The van der Waals surface area contributed by atoms with E-state index in [9.17, 15) is 13.6 Å². The van der Waals surface area contributed by atoms with Crippen molar-refractivity contribution >= 4 is 22.8 Å². The van der Waals surface area contributed by atoms with Gasteiger partial charge < -0.3 is 0 Å². The second-order valence-electron chi connectivity index (χ2n) is 6.90. The molecule has 1 atom stereocenters. The number of benzene rings is 2. The molecule has 1 amide bonds. The van der Waals surface area contributed by atoms with E-state index in [4.69, 9.17) is 5.53 Å². The molecule has 32 heavy (non-hydrogen) atoms. The van der Waals surface area contributed by atoms with Gasteiger partial charge in [0.05, 0.1) is 0 Å². The maximum atomic E-state index is 14.6. The van der Waals surface area contributed by atoms with Crippen molar-refractivity contribution in [1.82, 2.24) is 14.6 Å². The molecule has 0 radical (unpaired) electrons. The summed E-state index contributed by atoms with van der Waals surface area (Å²) in [5.41, 5.74) is 9.34. The number of halogens is 2. The Kier molecular flexibility index (Phi) is 6.20. The number of aromatic nitrogens is 2. The average Bonchev–Trinajstić information content (AvgIpc) is 3.48. The first-order valence-electron chi connectivity index (χ1n) is 9.67. The van der Waals surface area contributed by atoms with Gasteiger partial charge in [-0.15, -0.1) is 0 Å². The van der Waals surface area contributed by atoms with Crippen LogP contribution in [0.5, 0.6) is 0 Å². The molecule has 0 bridgehead atoms. The van der Waals surface area contributed by atoms with Gasteiger partial charge in [-0.1, -0.05) is 47.2 Å². The Bertz CT molecular complexity index is 1200. The topological polar surface area (TPSA) is 99.3 Å². The lowest BCUT2D eigenvalue weighted by atomic mass is 10.0. The van der Waals surface area contributed by atoms with Gasteiger partial charge in [-0.05, 0) is 42.1 Å². The summed E-state index contributed by atoms with van der Waals surface area (Å²) in [5.74, 6) is -1.26. The first-order valence-corrected chi connectivity index (χ1v) is 10.5. The molecule has 0 saturated heterocycles. The van der Waals surface area contributed by atoms with Crippen molar-refractivity contribution < 1.29 is 13.6 Å². The molecule has 1 aliphatic rings. The van der Waals surface area contributed by atoms with E-state index in [2.05, 4.69) is 20.1 Å². The highest BCUT2D eigenvalue weighted by Crippen LogP contribution is 2.50. The lowest BCUT2D eigenvalue weighted by molar-refractivity contribution is 0.164. The van der Waals surface area contributed by atoms with Crippen LogP contribution in [0.1, 0.15) is 24.0 Å². The third-order valence-electron chi connectivity index (χ3n) is 4.93. The Morgan fingerprint density at radius 3 is 2.75 bits per heavy atom. The molecule has 0 N–H and O–H groups in total. The van der Waals surface area contributed by atoms with Crippen LogP contribution in [-0.2, 0) is 4.87 Å². The number of hydrazone groups is 1. The fraction of sp³-hybridized carbons (Fsp3) is 0.190. The number of thioether (sulfide) groups is 1. The fourth-order valence-corrected chi connectivity index (χ4v) is 4.87. The number of amides is 1. The van der Waals surface area contributed by atoms with E-state index in [1.54, 1.807) is 0 Å². The van der Waals surface area contributed by atoms with E-state index >= 15 is 0 Å². The molecular formula is C21H17F2N7OS. The van der Waals surface area contributed by atoms with Crippen LogP contribution in [0.2, 0.25) is 0 Å². The van der Waals surface area contributed by atoms with E-state index < -0.39 is 22.5 Å². The smallest absolute Gasteiger partial charge is 0.257 e. The molecule has 11 heteroatoms. The van der Waals surface area contributed by atoms with Gasteiger partial charge in [0.15, 0.2) is 0 Å². The van der Waals surface area contributed by atoms with Crippen molar-refractivity contribution in [3.8, 4) is 0 Å². The molecule has 2 heterocycles. The van der Waals surface area contributed by atoms with Crippen LogP contribution in [0.25, 0.3) is 10.4 Å². The first-order chi connectivity index (χ1) is 15.5. The molecule has 8 nitrogen and oxygen atoms in total. The Morgan fingerprint density at radius 2 is 2.03 bits per heavy atom. The summed E-state index contributed by atoms with van der Waals surface area (Å²) in [7, 11) is 0. The zero-order chi connectivity index (χ0) is 22.6. The summed E-state index contributed by atoms with van der Waals surface area (Å²) < 4.78 is 29.8. The minimum absolute atomic E-state index is 0.0358. The van der Waals surface area contributed by atoms with Crippen molar-refractivity contribution in [2.24, 2.45) is 10.2 Å². The lowest BCUT2D eigenvalue weighted by Gasteiger charge is -2.35. The minimum atomic E-state index is -1.07. The molecule has 1 aliphatic heterocycles. The van der Waals surface area contributed by atoms with Crippen LogP contribution in [-0.4, -0.2) is 32.2 Å². The van der Waals surface area contributed by atoms with Crippen LogP contribution in [0.4, 0.5) is 13.6 Å². The van der Waals surface area contributed by atoms with Gasteiger partial charge in [-0.2, -0.15) is 10.1 Å². The molecule has 0 spiro atoms. The number of nitrogens with zero attached hydrogens (tertiary/aromatic N) is 7. The molecule has 3 aromatic rings. The summed E-state index contributed by atoms with van der Waals surface area (Å²) >= 11 is 1.16. The average molecular weight is 453 g/mol. The van der Waals surface area contributed by atoms with Gasteiger partial charge >= 0.3 is 6.03 Å². The Hall–Kier alpha value is -3.69. The molecular weight excluding hydrogens is 436 g/mol. The predicted molar refractivity (Wildman–Crippen MR) is 117 cm³/mol. The van der Waals surface area contributed by atoms with E-state index in [0.29, 0.717) is 12.8 Å². The second kappa shape index (κ2) is 9.21. The number of hydrogen-bond acceptors (Lipinski definition) is 5. The Morgan fingerprint density at radius 1 is 1.22 bits per heavy atom. The van der Waals surface area contributed by atoms with Gasteiger partial charge in [0, 0.05) is 29.4 Å². The normalized spacial score (nSPS) is 17.7. The number of imidazole rings is 1. The highest BCUT2D eigenvalue weighted by Gasteiger charge is 2.49. The number of carbonyl (C=O) groups excluding carboxylic acids is 1. The molecule has 1 aromatic heterocycles. The van der Waals surface area contributed by atoms with Gasteiger partial charge in [0.2, 0.25) is 0 Å². The third-order valence-corrected chi connectivity index (χ3v) is 6.37. The van der Waals surface area contributed by atoms with Gasteiger partial charge in [0.25, 0.3) is 0 Å². The largest absolute Gasteiger partial charge is 0.351 e. The van der Waals surface area contributed by atoms with E-state index in [1.807, 2.05) is 30.3 Å². The number of azide groups is 1. The monoisotopic (exact) mass is 453 g/mol. The van der Waals surface area contributed by atoms with E-state index in [0.717, 1.165) is 35.5 Å². The van der Waals surface area contributed by atoms with Crippen molar-refractivity contribution in [2.45, 2.75) is 17.7 Å². The highest BCUT2D eigenvalue weighted by atomic mass is 32.2. The highest BCUT2D eigenvalue weighted by molar-refractivity contribution is 8.15. The predicted octanol–water partition coefficient (Wildman–Crippen LogP) is 5.48. The molecule has 0 aliphatic carbocycles. The van der Waals surface area contributed by atoms with Crippen molar-refractivity contribution in [3.05, 3.63) is 100 Å². The zero-order valence-electron chi connectivity index (χ0n) is 16.7. The summed E-state index contributed by atoms with van der Waals surface area (Å²) in [6.07, 6.45) is 5.08. The zero-order valence-corrected chi connectivity index (χ0v) is 17.5. The summed E-state index contributed by atoms with van der Waals surface area (Å²) in [6, 6.07) is 11.8. The maximum absolute atomic E-state index is 14.6. The van der Waals surface area contributed by atoms with Crippen LogP contribution in [0.3, 0.4) is 0 Å². The lowest BCUT2D eigenvalue weighted by Crippen LogP contribution is -2.43. The SMILES string of the molecule is [N-]=[N+]=NCCCC1(c2ccccc2)SC(c2cc(F)ccc2F)=NN1C(=O)n1ccnc1. The first kappa shape index (κ1) is 21.5. The van der Waals surface area contributed by atoms with Crippen LogP contribution < -0.4 is 0 Å². The second-order valence-corrected chi connectivity index (χ2v) is 8.17. The number of carbonyl (C=O) groups is 1. The number of rotatable bonds is 6. The Labute approximate surface area is 186 Å². The molecule has 2 aromatic carbocycles. The summed E-state index contributed by atoms with van der Waals surface area (Å²) in [5, 5.41) is 9.47. The Balaban J connectivity index is 1.84. The van der Waals surface area contributed by atoms with Crippen molar-refractivity contribution in [2.75, 3.05) is 6.54 Å². The van der Waals surface area contributed by atoms with E-state index in [-0.39, 0.29) is 17.2 Å². The minimum Gasteiger partial charge on any atom is -0.257 e. The molecule has 4 rings (SSSR count). The van der Waals surface area contributed by atoms with Crippen molar-refractivity contribution in [1.29, 1.82) is 0 Å². The van der Waals surface area contributed by atoms with Crippen LogP contribution in [0.15, 0.2) is 77.5 Å². The quantitative estimate of drug-likeness (QED) is 0.214. The van der Waals surface area contributed by atoms with Gasteiger partial charge in [0.1, 0.15) is 27.9 Å². The number of hydrogen-bond donors (Lipinski definition) is 0. The summed E-state index contributed by atoms with van der Waals surface area (Å²) in [6.45, 7) is 0.211. The molecule has 0 saturated carbocycles. The van der Waals surface area contributed by atoms with E-state index in [1.165, 1.54) is 28.3 Å². The van der Waals surface area contributed by atoms with Crippen LogP contribution >= 0.6 is 11.8 Å². The molecule has 162 valence electrons. The summed E-state index contributed by atoms with van der Waals surface area (Å²) in [4.78, 5) is 19.0.